The smallest absolute Gasteiger partial charge is 0.319 e. The summed E-state index contributed by atoms with van der Waals surface area (Å²) in [6.45, 7) is 2.55. The van der Waals surface area contributed by atoms with Crippen LogP contribution in [-0.4, -0.2) is 48.5 Å². The number of aromatic amines is 1. The van der Waals surface area contributed by atoms with Gasteiger partial charge in [-0.15, -0.1) is 5.10 Å². The minimum absolute atomic E-state index is 0.249. The Kier molecular flexibility index (Phi) is 4.94. The molecule has 0 bridgehead atoms. The predicted octanol–water partition coefficient (Wildman–Crippen LogP) is 1.56. The Labute approximate surface area is 142 Å². The van der Waals surface area contributed by atoms with E-state index in [1.807, 2.05) is 25.1 Å². The number of imidazole rings is 1. The lowest BCUT2D eigenvalue weighted by molar-refractivity contribution is 0.252. The number of nitrogens with zero attached hydrogens (tertiary/aromatic N) is 5. The maximum atomic E-state index is 11.9. The van der Waals surface area contributed by atoms with Crippen molar-refractivity contribution in [3.8, 4) is 0 Å². The van der Waals surface area contributed by atoms with Gasteiger partial charge in [0.2, 0.25) is 5.16 Å². The van der Waals surface area contributed by atoms with Gasteiger partial charge in [-0.25, -0.2) is 14.5 Å². The van der Waals surface area contributed by atoms with E-state index in [1.54, 1.807) is 11.7 Å². The van der Waals surface area contributed by atoms with Crippen LogP contribution in [0.1, 0.15) is 12.7 Å². The molecule has 0 saturated heterocycles. The van der Waals surface area contributed by atoms with E-state index in [0.29, 0.717) is 17.5 Å². The number of rotatable bonds is 6. The zero-order valence-corrected chi connectivity index (χ0v) is 14.2. The molecule has 0 saturated carbocycles. The number of anilines is 1. The monoisotopic (exact) mass is 346 g/mol. The van der Waals surface area contributed by atoms with E-state index < -0.39 is 0 Å². The average molecular weight is 346 g/mol. The van der Waals surface area contributed by atoms with Gasteiger partial charge in [0.05, 0.1) is 11.0 Å². The summed E-state index contributed by atoms with van der Waals surface area (Å²) in [5.74, 6) is 1.61. The number of aromatic nitrogens is 6. The molecule has 24 heavy (non-hydrogen) atoms. The molecule has 0 fully saturated rings. The summed E-state index contributed by atoms with van der Waals surface area (Å²) in [6, 6.07) is 5.35. The number of carbonyl (C=O) groups is 1. The Balaban J connectivity index is 1.48. The van der Waals surface area contributed by atoms with Crippen molar-refractivity contribution in [3.05, 3.63) is 24.0 Å². The summed E-state index contributed by atoms with van der Waals surface area (Å²) < 4.78 is 1.59. The molecule has 10 heteroatoms. The van der Waals surface area contributed by atoms with E-state index >= 15 is 0 Å². The number of fused-ring (bicyclic) bond motifs is 1. The van der Waals surface area contributed by atoms with Crippen molar-refractivity contribution in [2.24, 2.45) is 7.05 Å². The molecule has 126 valence electrons. The molecule has 3 N–H and O–H groups in total. The quantitative estimate of drug-likeness (QED) is 0.461. The second-order valence-corrected chi connectivity index (χ2v) is 6.15. The highest BCUT2D eigenvalue weighted by atomic mass is 32.2. The molecule has 9 nitrogen and oxygen atoms in total. The van der Waals surface area contributed by atoms with Crippen molar-refractivity contribution < 1.29 is 4.79 Å². The van der Waals surface area contributed by atoms with Crippen molar-refractivity contribution >= 4 is 34.5 Å². The van der Waals surface area contributed by atoms with E-state index in [2.05, 4.69) is 36.1 Å². The fraction of sp³-hybridized carbons (Fsp3) is 0.357. The molecule has 0 atom stereocenters. The third kappa shape index (κ3) is 3.82. The number of hydrogen-bond donors (Lipinski definition) is 3. The Morgan fingerprint density at radius 1 is 1.42 bits per heavy atom. The van der Waals surface area contributed by atoms with Gasteiger partial charge in [-0.1, -0.05) is 18.7 Å². The summed E-state index contributed by atoms with van der Waals surface area (Å²) in [5, 5.41) is 17.5. The molecule has 0 unspecified atom stereocenters. The van der Waals surface area contributed by atoms with E-state index in [-0.39, 0.29) is 6.03 Å². The Hall–Kier alpha value is -2.62. The summed E-state index contributed by atoms with van der Waals surface area (Å²) in [6.07, 6.45) is 0.844. The van der Waals surface area contributed by atoms with E-state index in [9.17, 15) is 4.79 Å². The maximum Gasteiger partial charge on any atom is 0.319 e. The molecule has 2 amide bonds. The Morgan fingerprint density at radius 2 is 2.29 bits per heavy atom. The molecule has 3 aromatic rings. The first-order valence-electron chi connectivity index (χ1n) is 7.54. The first-order chi connectivity index (χ1) is 11.7. The average Bonchev–Trinajstić information content (AvgIpc) is 3.17. The number of amides is 2. The van der Waals surface area contributed by atoms with Crippen molar-refractivity contribution in [2.45, 2.75) is 18.5 Å². The number of tetrazole rings is 1. The Bertz CT molecular complexity index is 842. The second-order valence-electron chi connectivity index (χ2n) is 5.08. The molecule has 3 rings (SSSR count). The first-order valence-corrected chi connectivity index (χ1v) is 8.53. The highest BCUT2D eigenvalue weighted by Crippen LogP contribution is 2.17. The van der Waals surface area contributed by atoms with Gasteiger partial charge in [0.1, 0.15) is 5.82 Å². The van der Waals surface area contributed by atoms with Crippen LogP contribution in [0.5, 0.6) is 0 Å². The van der Waals surface area contributed by atoms with Crippen LogP contribution in [0.2, 0.25) is 0 Å². The number of benzene rings is 1. The molecule has 0 radical (unpaired) electrons. The van der Waals surface area contributed by atoms with Crippen molar-refractivity contribution in [3.63, 3.8) is 0 Å². The Morgan fingerprint density at radius 3 is 3.04 bits per heavy atom. The number of H-pyrrole nitrogens is 1. The van der Waals surface area contributed by atoms with Crippen LogP contribution < -0.4 is 10.6 Å². The topological polar surface area (TPSA) is 113 Å². The third-order valence-corrected chi connectivity index (χ3v) is 4.34. The number of urea groups is 1. The van der Waals surface area contributed by atoms with Crippen LogP contribution in [0.4, 0.5) is 10.5 Å². The number of thioether (sulfide) groups is 1. The van der Waals surface area contributed by atoms with E-state index in [1.165, 1.54) is 11.8 Å². The minimum Gasteiger partial charge on any atom is -0.342 e. The highest BCUT2D eigenvalue weighted by molar-refractivity contribution is 7.99. The van der Waals surface area contributed by atoms with Crippen LogP contribution in [0, 0.1) is 0 Å². The maximum absolute atomic E-state index is 11.9. The molecule has 0 spiro atoms. The van der Waals surface area contributed by atoms with Crippen molar-refractivity contribution in [2.75, 3.05) is 17.6 Å². The fourth-order valence-corrected chi connectivity index (χ4v) is 2.84. The van der Waals surface area contributed by atoms with Crippen LogP contribution in [0.3, 0.4) is 0 Å². The predicted molar refractivity (Wildman–Crippen MR) is 92.0 cm³/mol. The molecule has 0 aliphatic carbocycles. The van der Waals surface area contributed by atoms with Crippen LogP contribution in [0.15, 0.2) is 23.4 Å². The first kappa shape index (κ1) is 16.2. The lowest BCUT2D eigenvalue weighted by atomic mass is 10.3. The molecule has 2 aromatic heterocycles. The van der Waals surface area contributed by atoms with Gasteiger partial charge in [0.25, 0.3) is 0 Å². The second kappa shape index (κ2) is 7.30. The zero-order chi connectivity index (χ0) is 16.9. The van der Waals surface area contributed by atoms with Crippen LogP contribution in [0.25, 0.3) is 11.0 Å². The summed E-state index contributed by atoms with van der Waals surface area (Å²) >= 11 is 1.48. The number of hydrogen-bond acceptors (Lipinski definition) is 6. The molecule has 0 aliphatic heterocycles. The lowest BCUT2D eigenvalue weighted by Crippen LogP contribution is -2.30. The standard InChI is InChI=1S/C14H18N8OS/c1-3-12-17-10-5-4-9(8-11(10)18-12)16-13(23)15-6-7-24-14-19-20-21-22(14)2/h4-5,8H,3,6-7H2,1-2H3,(H,17,18)(H2,15,16,23). The SMILES string of the molecule is CCc1nc2ccc(NC(=O)NCCSc3nnnn3C)cc2[nH]1. The largest absolute Gasteiger partial charge is 0.342 e. The van der Waals surface area contributed by atoms with Gasteiger partial charge in [-0.2, -0.15) is 0 Å². The van der Waals surface area contributed by atoms with Gasteiger partial charge in [-0.3, -0.25) is 0 Å². The molecule has 1 aromatic carbocycles. The number of aryl methyl sites for hydroxylation is 2. The third-order valence-electron chi connectivity index (χ3n) is 3.32. The molecular formula is C14H18N8OS. The van der Waals surface area contributed by atoms with Crippen molar-refractivity contribution in [1.82, 2.24) is 35.5 Å². The molecule has 2 heterocycles. The van der Waals surface area contributed by atoms with E-state index in [4.69, 9.17) is 0 Å². The van der Waals surface area contributed by atoms with Gasteiger partial charge in [-0.05, 0) is 28.6 Å². The summed E-state index contributed by atoms with van der Waals surface area (Å²) in [7, 11) is 1.78. The van der Waals surface area contributed by atoms with Gasteiger partial charge in [0, 0.05) is 31.5 Å². The highest BCUT2D eigenvalue weighted by Gasteiger charge is 2.06. The van der Waals surface area contributed by atoms with Crippen LogP contribution in [-0.2, 0) is 13.5 Å². The minimum atomic E-state index is -0.249. The zero-order valence-electron chi connectivity index (χ0n) is 13.4. The van der Waals surface area contributed by atoms with Gasteiger partial charge < -0.3 is 15.6 Å². The number of nitrogens with one attached hydrogen (secondary N) is 3. The molecule has 0 aliphatic rings. The van der Waals surface area contributed by atoms with Gasteiger partial charge >= 0.3 is 6.03 Å². The van der Waals surface area contributed by atoms with Crippen LogP contribution >= 0.6 is 11.8 Å². The molecular weight excluding hydrogens is 328 g/mol. The fourth-order valence-electron chi connectivity index (χ4n) is 2.13. The van der Waals surface area contributed by atoms with Gasteiger partial charge in [0.15, 0.2) is 0 Å². The van der Waals surface area contributed by atoms with Crippen molar-refractivity contribution in [1.29, 1.82) is 0 Å². The lowest BCUT2D eigenvalue weighted by Gasteiger charge is -2.07. The normalized spacial score (nSPS) is 10.9. The van der Waals surface area contributed by atoms with E-state index in [0.717, 1.165) is 29.0 Å². The summed E-state index contributed by atoms with van der Waals surface area (Å²) in [5.41, 5.74) is 2.53. The number of carbonyl (C=O) groups excluding carboxylic acids is 1. The summed E-state index contributed by atoms with van der Waals surface area (Å²) in [4.78, 5) is 19.6.